The summed E-state index contributed by atoms with van der Waals surface area (Å²) in [6, 6.07) is 0. The zero-order valence-electron chi connectivity index (χ0n) is 3.79. The summed E-state index contributed by atoms with van der Waals surface area (Å²) in [6.07, 6.45) is 0. The molecule has 0 aromatic rings. The second-order valence-electron chi connectivity index (χ2n) is 1.43. The molecule has 40 valence electrons. The third-order valence-electron chi connectivity index (χ3n) is 0.770. The lowest BCUT2D eigenvalue weighted by Crippen LogP contribution is -2.20. The maximum atomic E-state index is 10.2. The molecule has 1 aliphatic heterocycles. The standard InChI is InChI=1S/C3H6N3O/c4-3-1-6(7)2-5-3/h1-2H2,(H2,4,5)/q-1. The molecule has 0 saturated carbocycles. The van der Waals surface area contributed by atoms with E-state index in [0.29, 0.717) is 5.84 Å². The molecule has 1 rings (SSSR count). The van der Waals surface area contributed by atoms with E-state index in [0.717, 1.165) is 5.06 Å². The first-order valence-corrected chi connectivity index (χ1v) is 2.00. The van der Waals surface area contributed by atoms with Crippen LogP contribution < -0.4 is 5.73 Å². The topological polar surface area (TPSA) is 64.7 Å². The van der Waals surface area contributed by atoms with E-state index in [1.165, 1.54) is 0 Å². The van der Waals surface area contributed by atoms with Crippen molar-refractivity contribution >= 4 is 5.84 Å². The fourth-order valence-electron chi connectivity index (χ4n) is 0.450. The van der Waals surface area contributed by atoms with Crippen molar-refractivity contribution in [3.05, 3.63) is 5.21 Å². The van der Waals surface area contributed by atoms with Crippen molar-refractivity contribution < 1.29 is 0 Å². The van der Waals surface area contributed by atoms with Gasteiger partial charge in [-0.2, -0.15) is 0 Å². The van der Waals surface area contributed by atoms with E-state index < -0.39 is 0 Å². The van der Waals surface area contributed by atoms with E-state index in [9.17, 15) is 5.21 Å². The Morgan fingerprint density at radius 1 is 1.86 bits per heavy atom. The van der Waals surface area contributed by atoms with E-state index in [1.807, 2.05) is 0 Å². The third-order valence-corrected chi connectivity index (χ3v) is 0.770. The van der Waals surface area contributed by atoms with E-state index in [-0.39, 0.29) is 13.2 Å². The van der Waals surface area contributed by atoms with E-state index >= 15 is 0 Å². The highest BCUT2D eigenvalue weighted by Gasteiger charge is 2.00. The lowest BCUT2D eigenvalue weighted by Gasteiger charge is -2.17. The van der Waals surface area contributed by atoms with E-state index in [4.69, 9.17) is 5.73 Å². The zero-order valence-corrected chi connectivity index (χ0v) is 3.79. The zero-order chi connectivity index (χ0) is 5.28. The van der Waals surface area contributed by atoms with Gasteiger partial charge in [0.1, 0.15) is 5.84 Å². The number of aliphatic imine (C=N–C) groups is 1. The number of hydrogen-bond acceptors (Lipinski definition) is 4. The van der Waals surface area contributed by atoms with Gasteiger partial charge in [0.05, 0.1) is 6.67 Å². The van der Waals surface area contributed by atoms with Gasteiger partial charge in [0.25, 0.3) is 0 Å². The molecule has 0 aliphatic carbocycles. The molecule has 0 saturated heterocycles. The summed E-state index contributed by atoms with van der Waals surface area (Å²) in [5.74, 6) is 0.440. The number of nitrogens with two attached hydrogens (primary N) is 1. The lowest BCUT2D eigenvalue weighted by molar-refractivity contribution is 0.473. The molecule has 0 aromatic carbocycles. The van der Waals surface area contributed by atoms with Crippen LogP contribution in [0.2, 0.25) is 0 Å². The van der Waals surface area contributed by atoms with Crippen LogP contribution in [-0.4, -0.2) is 24.1 Å². The maximum absolute atomic E-state index is 10.2. The number of nitrogens with zero attached hydrogens (tertiary/aromatic N) is 2. The molecule has 0 unspecified atom stereocenters. The SMILES string of the molecule is NC1=NCN([O-])C1. The van der Waals surface area contributed by atoms with Crippen LogP contribution in [0.15, 0.2) is 4.99 Å². The Kier molecular flexibility index (Phi) is 0.958. The van der Waals surface area contributed by atoms with Gasteiger partial charge in [0, 0.05) is 6.54 Å². The quantitative estimate of drug-likeness (QED) is 0.429. The number of hydrogen-bond donors (Lipinski definition) is 1. The van der Waals surface area contributed by atoms with Crippen LogP contribution in [0.3, 0.4) is 0 Å². The Morgan fingerprint density at radius 3 is 2.71 bits per heavy atom. The molecule has 0 atom stereocenters. The summed E-state index contributed by atoms with van der Waals surface area (Å²) in [4.78, 5) is 3.62. The molecule has 2 N–H and O–H groups in total. The molecule has 0 aromatic heterocycles. The van der Waals surface area contributed by atoms with Crippen molar-refractivity contribution in [3.63, 3.8) is 0 Å². The Balaban J connectivity index is 2.42. The predicted octanol–water partition coefficient (Wildman–Crippen LogP) is -0.885. The molecule has 1 heterocycles. The average Bonchev–Trinajstić information content (AvgIpc) is 1.87. The molecular weight excluding hydrogens is 94.1 g/mol. The Morgan fingerprint density at radius 2 is 2.57 bits per heavy atom. The normalized spacial score (nSPS) is 22.7. The Hall–Kier alpha value is -0.610. The van der Waals surface area contributed by atoms with Gasteiger partial charge >= 0.3 is 0 Å². The van der Waals surface area contributed by atoms with Gasteiger partial charge in [-0.15, -0.1) is 0 Å². The summed E-state index contributed by atoms with van der Waals surface area (Å²) < 4.78 is 0. The smallest absolute Gasteiger partial charge is 0.109 e. The maximum Gasteiger partial charge on any atom is 0.109 e. The molecule has 0 spiro atoms. The molecule has 0 radical (unpaired) electrons. The molecule has 4 heteroatoms. The molecule has 0 bridgehead atoms. The van der Waals surface area contributed by atoms with Crippen molar-refractivity contribution in [3.8, 4) is 0 Å². The van der Waals surface area contributed by atoms with Gasteiger partial charge < -0.3 is 16.0 Å². The monoisotopic (exact) mass is 100 g/mol. The highest BCUT2D eigenvalue weighted by atomic mass is 16.5. The van der Waals surface area contributed by atoms with Crippen molar-refractivity contribution in [2.24, 2.45) is 10.7 Å². The first kappa shape index (κ1) is 4.55. The minimum absolute atomic E-state index is 0.214. The summed E-state index contributed by atoms with van der Waals surface area (Å²) in [5, 5.41) is 11.0. The fourth-order valence-corrected chi connectivity index (χ4v) is 0.450. The van der Waals surface area contributed by atoms with Crippen molar-refractivity contribution in [2.45, 2.75) is 0 Å². The molecule has 4 nitrogen and oxygen atoms in total. The summed E-state index contributed by atoms with van der Waals surface area (Å²) in [6.45, 7) is 0.492. The number of rotatable bonds is 0. The molecule has 7 heavy (non-hydrogen) atoms. The first-order valence-electron chi connectivity index (χ1n) is 2.00. The van der Waals surface area contributed by atoms with Gasteiger partial charge in [-0.1, -0.05) is 0 Å². The predicted molar refractivity (Wildman–Crippen MR) is 26.6 cm³/mol. The molecular formula is C3H6N3O-. The minimum atomic E-state index is 0.214. The minimum Gasteiger partial charge on any atom is -0.784 e. The largest absolute Gasteiger partial charge is 0.784 e. The summed E-state index contributed by atoms with van der Waals surface area (Å²) in [7, 11) is 0. The van der Waals surface area contributed by atoms with Gasteiger partial charge in [0.15, 0.2) is 0 Å². The second-order valence-corrected chi connectivity index (χ2v) is 1.43. The van der Waals surface area contributed by atoms with Crippen LogP contribution in [0, 0.1) is 5.21 Å². The van der Waals surface area contributed by atoms with Crippen LogP contribution in [0.1, 0.15) is 0 Å². The summed E-state index contributed by atoms with van der Waals surface area (Å²) >= 11 is 0. The van der Waals surface area contributed by atoms with Crippen LogP contribution in [-0.2, 0) is 0 Å². The van der Waals surface area contributed by atoms with Crippen molar-refractivity contribution in [2.75, 3.05) is 13.2 Å². The van der Waals surface area contributed by atoms with Gasteiger partial charge in [-0.05, 0) is 0 Å². The van der Waals surface area contributed by atoms with Crippen LogP contribution in [0.4, 0.5) is 0 Å². The Bertz CT molecular complexity index is 100. The lowest BCUT2D eigenvalue weighted by atomic mass is 10.6. The van der Waals surface area contributed by atoms with Gasteiger partial charge in [0.2, 0.25) is 0 Å². The number of amidine groups is 1. The Labute approximate surface area is 41.2 Å². The van der Waals surface area contributed by atoms with Crippen molar-refractivity contribution in [1.82, 2.24) is 5.06 Å². The average molecular weight is 100 g/mol. The highest BCUT2D eigenvalue weighted by molar-refractivity contribution is 5.83. The third kappa shape index (κ3) is 0.880. The van der Waals surface area contributed by atoms with Gasteiger partial charge in [-0.25, -0.2) is 0 Å². The fraction of sp³-hybridized carbons (Fsp3) is 0.667. The van der Waals surface area contributed by atoms with Crippen LogP contribution in [0.25, 0.3) is 0 Å². The van der Waals surface area contributed by atoms with Crippen LogP contribution in [0.5, 0.6) is 0 Å². The van der Waals surface area contributed by atoms with Crippen LogP contribution >= 0.6 is 0 Å². The first-order chi connectivity index (χ1) is 3.29. The highest BCUT2D eigenvalue weighted by Crippen LogP contribution is 1.91. The van der Waals surface area contributed by atoms with E-state index in [1.54, 1.807) is 0 Å². The second kappa shape index (κ2) is 1.48. The summed E-state index contributed by atoms with van der Waals surface area (Å²) in [5.41, 5.74) is 5.13. The van der Waals surface area contributed by atoms with Gasteiger partial charge in [-0.3, -0.25) is 4.99 Å². The van der Waals surface area contributed by atoms with E-state index in [2.05, 4.69) is 4.99 Å². The number of hydroxylamine groups is 2. The molecule has 0 fully saturated rings. The molecule has 0 amide bonds. The molecule has 1 aliphatic rings. The van der Waals surface area contributed by atoms with Crippen molar-refractivity contribution in [1.29, 1.82) is 0 Å².